The maximum atomic E-state index is 12.7. The molecule has 0 spiro atoms. The summed E-state index contributed by atoms with van der Waals surface area (Å²) in [5, 5.41) is 0.140. The van der Waals surface area contributed by atoms with Gasteiger partial charge in [-0.05, 0) is 54.6 Å². The van der Waals surface area contributed by atoms with Crippen LogP contribution in [0.15, 0.2) is 70.5 Å². The molecule has 0 heterocycles. The molecular weight excluding hydrogens is 507 g/mol. The van der Waals surface area contributed by atoms with E-state index in [0.29, 0.717) is 10.7 Å². The molecule has 0 aliphatic rings. The zero-order valence-corrected chi connectivity index (χ0v) is 19.7. The Hall–Kier alpha value is -2.17. The largest absolute Gasteiger partial charge is 0.495 e. The molecule has 0 amide bonds. The van der Waals surface area contributed by atoms with Gasteiger partial charge in [0.25, 0.3) is 20.0 Å². The second-order valence-electron chi connectivity index (χ2n) is 6.14. The Labute approximate surface area is 195 Å². The number of benzene rings is 3. The molecule has 0 fully saturated rings. The highest BCUT2D eigenvalue weighted by atomic mass is 35.5. The summed E-state index contributed by atoms with van der Waals surface area (Å²) in [6, 6.07) is 14.0. The van der Waals surface area contributed by atoms with Crippen LogP contribution < -0.4 is 14.2 Å². The summed E-state index contributed by atoms with van der Waals surface area (Å²) in [5.74, 6) is 0.229. The number of hydrogen-bond acceptors (Lipinski definition) is 5. The summed E-state index contributed by atoms with van der Waals surface area (Å²) < 4.78 is 60.2. The summed E-state index contributed by atoms with van der Waals surface area (Å²) in [6.07, 6.45) is 0. The lowest BCUT2D eigenvalue weighted by molar-refractivity contribution is 0.414. The van der Waals surface area contributed by atoms with E-state index in [1.54, 1.807) is 18.2 Å². The Morgan fingerprint density at radius 2 is 1.39 bits per heavy atom. The van der Waals surface area contributed by atoms with Crippen molar-refractivity contribution >= 4 is 66.2 Å². The van der Waals surface area contributed by atoms with Gasteiger partial charge in [0.1, 0.15) is 15.7 Å². The van der Waals surface area contributed by atoms with E-state index in [9.17, 15) is 16.8 Å². The zero-order valence-electron chi connectivity index (χ0n) is 15.8. The SMILES string of the molecule is COc1ccc(S(=O)(=O)Nc2ccc(S(=O)(=O)Nc3cccc(Cl)c3)cc2)c(Cl)c1Cl. The number of sulfonamides is 2. The van der Waals surface area contributed by atoms with Gasteiger partial charge in [-0.25, -0.2) is 16.8 Å². The molecule has 0 aliphatic carbocycles. The number of hydrogen-bond donors (Lipinski definition) is 2. The van der Waals surface area contributed by atoms with Crippen LogP contribution in [0.2, 0.25) is 15.1 Å². The Balaban J connectivity index is 1.82. The van der Waals surface area contributed by atoms with Crippen molar-refractivity contribution in [1.82, 2.24) is 0 Å². The van der Waals surface area contributed by atoms with Crippen LogP contribution in [0.3, 0.4) is 0 Å². The van der Waals surface area contributed by atoms with Crippen LogP contribution in [0.25, 0.3) is 0 Å². The van der Waals surface area contributed by atoms with Gasteiger partial charge in [-0.15, -0.1) is 0 Å². The number of rotatable bonds is 7. The van der Waals surface area contributed by atoms with E-state index >= 15 is 0 Å². The van der Waals surface area contributed by atoms with Crippen molar-refractivity contribution in [1.29, 1.82) is 0 Å². The van der Waals surface area contributed by atoms with E-state index in [-0.39, 0.29) is 31.3 Å². The molecular formula is C19H15Cl3N2O5S2. The highest BCUT2D eigenvalue weighted by Crippen LogP contribution is 2.37. The monoisotopic (exact) mass is 520 g/mol. The smallest absolute Gasteiger partial charge is 0.263 e. The number of nitrogens with one attached hydrogen (secondary N) is 2. The van der Waals surface area contributed by atoms with Crippen LogP contribution in [0.1, 0.15) is 0 Å². The molecule has 12 heteroatoms. The minimum absolute atomic E-state index is 0.0411. The Kier molecular flexibility index (Phi) is 6.92. The average Bonchev–Trinajstić information content (AvgIpc) is 2.69. The van der Waals surface area contributed by atoms with Gasteiger partial charge in [0.15, 0.2) is 0 Å². The lowest BCUT2D eigenvalue weighted by atomic mass is 10.3. The van der Waals surface area contributed by atoms with Crippen LogP contribution in [-0.2, 0) is 20.0 Å². The van der Waals surface area contributed by atoms with Crippen molar-refractivity contribution in [2.75, 3.05) is 16.6 Å². The van der Waals surface area contributed by atoms with Crippen molar-refractivity contribution in [2.24, 2.45) is 0 Å². The third-order valence-electron chi connectivity index (χ3n) is 4.01. The molecule has 31 heavy (non-hydrogen) atoms. The normalized spacial score (nSPS) is 11.7. The summed E-state index contributed by atoms with van der Waals surface area (Å²) in [7, 11) is -6.62. The molecule has 0 saturated carbocycles. The predicted molar refractivity (Wildman–Crippen MR) is 123 cm³/mol. The lowest BCUT2D eigenvalue weighted by Crippen LogP contribution is -2.15. The lowest BCUT2D eigenvalue weighted by Gasteiger charge is -2.13. The second kappa shape index (κ2) is 9.13. The van der Waals surface area contributed by atoms with Gasteiger partial charge >= 0.3 is 0 Å². The first-order valence-electron chi connectivity index (χ1n) is 8.47. The van der Waals surface area contributed by atoms with Crippen LogP contribution in [-0.4, -0.2) is 23.9 Å². The van der Waals surface area contributed by atoms with E-state index < -0.39 is 20.0 Å². The molecule has 0 aliphatic heterocycles. The van der Waals surface area contributed by atoms with Crippen molar-refractivity contribution in [2.45, 2.75) is 9.79 Å². The first-order chi connectivity index (χ1) is 14.5. The first-order valence-corrected chi connectivity index (χ1v) is 12.6. The Bertz CT molecular complexity index is 1330. The molecule has 0 unspecified atom stereocenters. The molecule has 0 aromatic heterocycles. The fourth-order valence-electron chi connectivity index (χ4n) is 2.56. The van der Waals surface area contributed by atoms with Crippen molar-refractivity contribution in [3.05, 3.63) is 75.7 Å². The molecule has 164 valence electrons. The maximum Gasteiger partial charge on any atom is 0.263 e. The quantitative estimate of drug-likeness (QED) is 0.442. The maximum absolute atomic E-state index is 12.7. The van der Waals surface area contributed by atoms with Gasteiger partial charge in [0.05, 0.1) is 22.7 Å². The third-order valence-corrected chi connectivity index (χ3v) is 8.05. The summed E-state index contributed by atoms with van der Waals surface area (Å²) >= 11 is 18.0. The fourth-order valence-corrected chi connectivity index (χ4v) is 5.70. The summed E-state index contributed by atoms with van der Waals surface area (Å²) in [5.41, 5.74) is 0.424. The molecule has 3 aromatic rings. The van der Waals surface area contributed by atoms with Gasteiger partial charge in [-0.1, -0.05) is 40.9 Å². The van der Waals surface area contributed by atoms with Crippen molar-refractivity contribution in [3.8, 4) is 5.75 Å². The second-order valence-corrected chi connectivity index (χ2v) is 10.7. The third kappa shape index (κ3) is 5.36. The number of halogens is 3. The van der Waals surface area contributed by atoms with Gasteiger partial charge in [-0.3, -0.25) is 9.44 Å². The highest BCUT2D eigenvalue weighted by Gasteiger charge is 2.22. The van der Waals surface area contributed by atoms with Gasteiger partial charge in [0, 0.05) is 10.7 Å². The van der Waals surface area contributed by atoms with Crippen LogP contribution in [0, 0.1) is 0 Å². The topological polar surface area (TPSA) is 102 Å². The standard InChI is InChI=1S/C19H15Cl3N2O5S2/c1-29-16-9-10-17(19(22)18(16)21)31(27,28)23-13-5-7-15(8-6-13)30(25,26)24-14-4-2-3-12(20)11-14/h2-11,23-24H,1H3. The Morgan fingerprint density at radius 3 is 2.00 bits per heavy atom. The molecule has 0 bridgehead atoms. The van der Waals surface area contributed by atoms with Gasteiger partial charge in [-0.2, -0.15) is 0 Å². The fraction of sp³-hybridized carbons (Fsp3) is 0.0526. The predicted octanol–water partition coefficient (Wildman–Crippen LogP) is 5.26. The van der Waals surface area contributed by atoms with E-state index in [2.05, 4.69) is 9.44 Å². The van der Waals surface area contributed by atoms with Gasteiger partial charge in [0.2, 0.25) is 0 Å². The molecule has 0 radical (unpaired) electrons. The molecule has 3 rings (SSSR count). The molecule has 7 nitrogen and oxygen atoms in total. The van der Waals surface area contributed by atoms with Crippen LogP contribution in [0.5, 0.6) is 5.75 Å². The molecule has 0 atom stereocenters. The minimum Gasteiger partial charge on any atom is -0.495 e. The van der Waals surface area contributed by atoms with Crippen molar-refractivity contribution in [3.63, 3.8) is 0 Å². The number of methoxy groups -OCH3 is 1. The summed E-state index contributed by atoms with van der Waals surface area (Å²) in [4.78, 5) is -0.319. The highest BCUT2D eigenvalue weighted by molar-refractivity contribution is 7.93. The molecule has 3 aromatic carbocycles. The number of ether oxygens (including phenoxy) is 1. The van der Waals surface area contributed by atoms with Crippen LogP contribution in [0.4, 0.5) is 11.4 Å². The van der Waals surface area contributed by atoms with Crippen LogP contribution >= 0.6 is 34.8 Å². The van der Waals surface area contributed by atoms with E-state index in [1.165, 1.54) is 49.6 Å². The molecule has 0 saturated heterocycles. The molecule has 2 N–H and O–H groups in total. The Morgan fingerprint density at radius 1 is 0.742 bits per heavy atom. The van der Waals surface area contributed by atoms with E-state index in [1.807, 2.05) is 0 Å². The van der Waals surface area contributed by atoms with Crippen molar-refractivity contribution < 1.29 is 21.6 Å². The minimum atomic E-state index is -4.09. The van der Waals surface area contributed by atoms with Gasteiger partial charge < -0.3 is 4.74 Å². The first kappa shape index (κ1) is 23.5. The zero-order chi connectivity index (χ0) is 22.8. The number of anilines is 2. The van der Waals surface area contributed by atoms with E-state index in [0.717, 1.165) is 0 Å². The summed E-state index contributed by atoms with van der Waals surface area (Å²) in [6.45, 7) is 0. The average molecular weight is 522 g/mol. The van der Waals surface area contributed by atoms with E-state index in [4.69, 9.17) is 39.5 Å².